The van der Waals surface area contributed by atoms with Crippen molar-refractivity contribution in [3.8, 4) is 0 Å². The number of carbonyl (C=O) groups is 2. The van der Waals surface area contributed by atoms with Crippen LogP contribution in [0.5, 0.6) is 0 Å². The van der Waals surface area contributed by atoms with Crippen LogP contribution in [0.2, 0.25) is 0 Å². The molecule has 0 heterocycles. The number of hydrogen-bond acceptors (Lipinski definition) is 4. The topological polar surface area (TPSA) is 86.8 Å². The van der Waals surface area contributed by atoms with Crippen LogP contribution in [0.25, 0.3) is 0 Å². The minimum Gasteiger partial charge on any atom is -0.352 e. The molecule has 9 heteroatoms. The fourth-order valence-electron chi connectivity index (χ4n) is 4.68. The van der Waals surface area contributed by atoms with Gasteiger partial charge in [-0.25, -0.2) is 12.8 Å². The van der Waals surface area contributed by atoms with E-state index in [1.165, 1.54) is 17.0 Å². The number of carbonyl (C=O) groups excluding carboxylic acids is 2. The number of hydrogen-bond donors (Lipinski definition) is 1. The lowest BCUT2D eigenvalue weighted by atomic mass is 10.0. The van der Waals surface area contributed by atoms with Crippen molar-refractivity contribution in [1.29, 1.82) is 0 Å². The summed E-state index contributed by atoms with van der Waals surface area (Å²) in [6, 6.07) is 28.6. The molecule has 0 saturated carbocycles. The first kappa shape index (κ1) is 31.4. The standard InChI is InChI=1S/C34H36FN3O4S/c1-25(2)36-34(40)32(22-27-10-6-4-7-11-27)37(23-28-16-14-26(3)15-17-28)33(39)24-38(30-12-8-5-9-13-30)43(41,42)31-20-18-29(35)19-21-31/h4-21,25,32H,22-24H2,1-3H3,(H,36,40)/t32-/m1/s1. The Kier molecular flexibility index (Phi) is 10.3. The third-order valence-corrected chi connectivity index (χ3v) is 8.69. The molecule has 1 atom stereocenters. The lowest BCUT2D eigenvalue weighted by Gasteiger charge is -2.34. The number of sulfonamides is 1. The van der Waals surface area contributed by atoms with Gasteiger partial charge in [-0.15, -0.1) is 0 Å². The van der Waals surface area contributed by atoms with E-state index in [2.05, 4.69) is 5.32 Å². The zero-order valence-electron chi connectivity index (χ0n) is 24.5. The maximum Gasteiger partial charge on any atom is 0.264 e. The molecular weight excluding hydrogens is 565 g/mol. The SMILES string of the molecule is Cc1ccc(CN(C(=O)CN(c2ccccc2)S(=O)(=O)c2ccc(F)cc2)[C@H](Cc2ccccc2)C(=O)NC(C)C)cc1. The van der Waals surface area contributed by atoms with Crippen molar-refractivity contribution in [2.75, 3.05) is 10.8 Å². The Labute approximate surface area is 253 Å². The molecule has 0 aromatic heterocycles. The molecule has 0 bridgehead atoms. The normalized spacial score (nSPS) is 12.0. The van der Waals surface area contributed by atoms with Gasteiger partial charge < -0.3 is 10.2 Å². The highest BCUT2D eigenvalue weighted by Gasteiger charge is 2.34. The third kappa shape index (κ3) is 8.29. The number of rotatable bonds is 12. The maximum absolute atomic E-state index is 14.3. The number of aryl methyl sites for hydroxylation is 1. The van der Waals surface area contributed by atoms with Crippen molar-refractivity contribution in [1.82, 2.24) is 10.2 Å². The van der Waals surface area contributed by atoms with Crippen LogP contribution in [-0.2, 0) is 32.6 Å². The monoisotopic (exact) mass is 601 g/mol. The minimum atomic E-state index is -4.28. The Balaban J connectivity index is 1.78. The second kappa shape index (κ2) is 14.1. The summed E-state index contributed by atoms with van der Waals surface area (Å²) in [6.07, 6.45) is 0.229. The van der Waals surface area contributed by atoms with Gasteiger partial charge in [-0.1, -0.05) is 78.4 Å². The van der Waals surface area contributed by atoms with E-state index in [1.807, 2.05) is 75.4 Å². The molecule has 0 aliphatic heterocycles. The highest BCUT2D eigenvalue weighted by Crippen LogP contribution is 2.25. The van der Waals surface area contributed by atoms with Crippen LogP contribution in [-0.4, -0.2) is 43.8 Å². The zero-order valence-corrected chi connectivity index (χ0v) is 25.3. The number of nitrogens with zero attached hydrogens (tertiary/aromatic N) is 2. The van der Waals surface area contributed by atoms with Gasteiger partial charge in [0.25, 0.3) is 10.0 Å². The molecule has 224 valence electrons. The van der Waals surface area contributed by atoms with E-state index in [9.17, 15) is 22.4 Å². The molecule has 0 radical (unpaired) electrons. The summed E-state index contributed by atoms with van der Waals surface area (Å²) in [6.45, 7) is 5.16. The molecule has 4 aromatic carbocycles. The van der Waals surface area contributed by atoms with Gasteiger partial charge in [0.15, 0.2) is 0 Å². The fourth-order valence-corrected chi connectivity index (χ4v) is 6.10. The predicted molar refractivity (Wildman–Crippen MR) is 166 cm³/mol. The average molecular weight is 602 g/mol. The highest BCUT2D eigenvalue weighted by molar-refractivity contribution is 7.92. The summed E-state index contributed by atoms with van der Waals surface area (Å²) >= 11 is 0. The van der Waals surface area contributed by atoms with E-state index in [1.54, 1.807) is 30.3 Å². The Morgan fingerprint density at radius 1 is 0.791 bits per heavy atom. The molecule has 0 aliphatic rings. The van der Waals surface area contributed by atoms with E-state index in [0.29, 0.717) is 0 Å². The molecular formula is C34H36FN3O4S. The first-order valence-corrected chi connectivity index (χ1v) is 15.5. The fraction of sp³-hybridized carbons (Fsp3) is 0.235. The van der Waals surface area contributed by atoms with Gasteiger partial charge in [0.05, 0.1) is 10.6 Å². The Morgan fingerprint density at radius 3 is 1.95 bits per heavy atom. The average Bonchev–Trinajstić information content (AvgIpc) is 2.99. The van der Waals surface area contributed by atoms with Crippen molar-refractivity contribution in [2.24, 2.45) is 0 Å². The summed E-state index contributed by atoms with van der Waals surface area (Å²) in [5.74, 6) is -1.48. The van der Waals surface area contributed by atoms with Crippen molar-refractivity contribution in [2.45, 2.75) is 50.7 Å². The summed E-state index contributed by atoms with van der Waals surface area (Å²) in [7, 11) is -4.28. The van der Waals surface area contributed by atoms with E-state index < -0.39 is 34.3 Å². The molecule has 0 unspecified atom stereocenters. The molecule has 0 aliphatic carbocycles. The van der Waals surface area contributed by atoms with Gasteiger partial charge >= 0.3 is 0 Å². The van der Waals surface area contributed by atoms with Crippen molar-refractivity contribution in [3.63, 3.8) is 0 Å². The first-order valence-electron chi connectivity index (χ1n) is 14.1. The second-order valence-corrected chi connectivity index (χ2v) is 12.5. The molecule has 2 amide bonds. The molecule has 43 heavy (non-hydrogen) atoms. The summed E-state index contributed by atoms with van der Waals surface area (Å²) in [5, 5.41) is 2.94. The highest BCUT2D eigenvalue weighted by atomic mass is 32.2. The molecule has 0 saturated heterocycles. The first-order chi connectivity index (χ1) is 20.5. The van der Waals surface area contributed by atoms with Crippen LogP contribution in [0.15, 0.2) is 114 Å². The van der Waals surface area contributed by atoms with E-state index in [4.69, 9.17) is 0 Å². The second-order valence-electron chi connectivity index (χ2n) is 10.7. The molecule has 0 fully saturated rings. The lowest BCUT2D eigenvalue weighted by molar-refractivity contribution is -0.140. The van der Waals surface area contributed by atoms with Gasteiger partial charge in [0.1, 0.15) is 18.4 Å². The van der Waals surface area contributed by atoms with Gasteiger partial charge in [-0.2, -0.15) is 0 Å². The van der Waals surface area contributed by atoms with Crippen molar-refractivity contribution in [3.05, 3.63) is 132 Å². The molecule has 7 nitrogen and oxygen atoms in total. The number of amides is 2. The van der Waals surface area contributed by atoms with Crippen LogP contribution in [0, 0.1) is 12.7 Å². The third-order valence-electron chi connectivity index (χ3n) is 6.90. The lowest BCUT2D eigenvalue weighted by Crippen LogP contribution is -2.54. The number of anilines is 1. The Hall–Kier alpha value is -4.50. The Morgan fingerprint density at radius 2 is 1.37 bits per heavy atom. The van der Waals surface area contributed by atoms with Crippen LogP contribution < -0.4 is 9.62 Å². The van der Waals surface area contributed by atoms with Gasteiger partial charge in [0, 0.05) is 19.0 Å². The van der Waals surface area contributed by atoms with Gasteiger partial charge in [-0.3, -0.25) is 13.9 Å². The smallest absolute Gasteiger partial charge is 0.264 e. The van der Waals surface area contributed by atoms with E-state index in [-0.39, 0.29) is 35.5 Å². The predicted octanol–water partition coefficient (Wildman–Crippen LogP) is 5.49. The Bertz CT molecular complexity index is 1610. The van der Waals surface area contributed by atoms with Crippen molar-refractivity contribution >= 4 is 27.5 Å². The number of halogens is 1. The number of benzene rings is 4. The minimum absolute atomic E-state index is 0.0847. The number of para-hydroxylation sites is 1. The van der Waals surface area contributed by atoms with E-state index in [0.717, 1.165) is 33.1 Å². The van der Waals surface area contributed by atoms with Gasteiger partial charge in [0.2, 0.25) is 11.8 Å². The molecule has 4 aromatic rings. The van der Waals surface area contributed by atoms with E-state index >= 15 is 0 Å². The summed E-state index contributed by atoms with van der Waals surface area (Å²) < 4.78 is 42.5. The zero-order chi connectivity index (χ0) is 31.0. The largest absolute Gasteiger partial charge is 0.352 e. The van der Waals surface area contributed by atoms with Crippen LogP contribution >= 0.6 is 0 Å². The quantitative estimate of drug-likeness (QED) is 0.233. The van der Waals surface area contributed by atoms with Crippen molar-refractivity contribution < 1.29 is 22.4 Å². The molecule has 1 N–H and O–H groups in total. The summed E-state index contributed by atoms with van der Waals surface area (Å²) in [5.41, 5.74) is 2.95. The molecule has 4 rings (SSSR count). The van der Waals surface area contributed by atoms with Crippen LogP contribution in [0.4, 0.5) is 10.1 Å². The van der Waals surface area contributed by atoms with Crippen LogP contribution in [0.3, 0.4) is 0 Å². The number of nitrogens with one attached hydrogen (secondary N) is 1. The summed E-state index contributed by atoms with van der Waals surface area (Å²) in [4.78, 5) is 29.3. The maximum atomic E-state index is 14.3. The van der Waals surface area contributed by atoms with Gasteiger partial charge in [-0.05, 0) is 68.3 Å². The molecule has 0 spiro atoms. The van der Waals surface area contributed by atoms with Crippen LogP contribution in [0.1, 0.15) is 30.5 Å².